The van der Waals surface area contributed by atoms with Gasteiger partial charge in [0.2, 0.25) is 0 Å². The van der Waals surface area contributed by atoms with Crippen molar-refractivity contribution in [3.8, 4) is 0 Å². The van der Waals surface area contributed by atoms with Crippen LogP contribution in [0.25, 0.3) is 0 Å². The molecular formula is C12H21N5. The Bertz CT molecular complexity index is 376. The zero-order chi connectivity index (χ0) is 12.3. The van der Waals surface area contributed by atoms with Crippen molar-refractivity contribution in [3.05, 3.63) is 18.0 Å². The molecule has 2 rings (SSSR count). The molecule has 3 N–H and O–H groups in total. The first kappa shape index (κ1) is 12.1. The van der Waals surface area contributed by atoms with Crippen LogP contribution in [-0.4, -0.2) is 40.2 Å². The van der Waals surface area contributed by atoms with Gasteiger partial charge in [-0.3, -0.25) is 10.1 Å². The second-order valence-corrected chi connectivity index (χ2v) is 4.84. The van der Waals surface area contributed by atoms with Crippen LogP contribution >= 0.6 is 0 Å². The van der Waals surface area contributed by atoms with E-state index in [1.807, 2.05) is 17.9 Å². The summed E-state index contributed by atoms with van der Waals surface area (Å²) in [5.74, 6) is 0.668. The number of amidine groups is 1. The smallest absolute Gasteiger partial charge is 0.0937 e. The summed E-state index contributed by atoms with van der Waals surface area (Å²) in [4.78, 5) is 2.45. The fraction of sp³-hybridized carbons (Fsp3) is 0.667. The van der Waals surface area contributed by atoms with Crippen molar-refractivity contribution in [2.24, 2.45) is 18.7 Å². The highest BCUT2D eigenvalue weighted by Gasteiger charge is 2.20. The molecule has 1 aromatic rings. The summed E-state index contributed by atoms with van der Waals surface area (Å²) in [6, 6.07) is 0. The van der Waals surface area contributed by atoms with E-state index in [4.69, 9.17) is 11.1 Å². The minimum absolute atomic E-state index is 0.310. The highest BCUT2D eigenvalue weighted by molar-refractivity contribution is 5.79. The molecule has 0 aromatic carbocycles. The molecule has 0 radical (unpaired) electrons. The standard InChI is InChI=1S/C12H21N5/c1-16-9-10(8-15-16)2-5-17-6-3-11(4-7-17)12(13)14/h8-9,11H,2-7H2,1H3,(H3,13,14). The van der Waals surface area contributed by atoms with Crippen molar-refractivity contribution < 1.29 is 0 Å². The van der Waals surface area contributed by atoms with Crippen LogP contribution in [0, 0.1) is 11.3 Å². The monoisotopic (exact) mass is 235 g/mol. The molecule has 2 heterocycles. The van der Waals surface area contributed by atoms with Crippen molar-refractivity contribution >= 4 is 5.84 Å². The number of aryl methyl sites for hydroxylation is 1. The predicted octanol–water partition coefficient (Wildman–Crippen LogP) is 0.611. The maximum atomic E-state index is 7.44. The molecule has 0 spiro atoms. The first-order valence-electron chi connectivity index (χ1n) is 6.19. The maximum Gasteiger partial charge on any atom is 0.0937 e. The summed E-state index contributed by atoms with van der Waals surface area (Å²) >= 11 is 0. The van der Waals surface area contributed by atoms with E-state index in [1.54, 1.807) is 0 Å². The minimum atomic E-state index is 0.310. The molecule has 0 amide bonds. The Balaban J connectivity index is 1.73. The third-order valence-corrected chi connectivity index (χ3v) is 3.50. The zero-order valence-corrected chi connectivity index (χ0v) is 10.4. The van der Waals surface area contributed by atoms with Gasteiger partial charge in [-0.1, -0.05) is 0 Å². The molecule has 17 heavy (non-hydrogen) atoms. The third-order valence-electron chi connectivity index (χ3n) is 3.50. The number of hydrogen-bond acceptors (Lipinski definition) is 3. The van der Waals surface area contributed by atoms with Gasteiger partial charge in [0.1, 0.15) is 0 Å². The molecule has 1 aromatic heterocycles. The van der Waals surface area contributed by atoms with Gasteiger partial charge in [0.25, 0.3) is 0 Å². The van der Waals surface area contributed by atoms with Crippen LogP contribution in [0.3, 0.4) is 0 Å². The van der Waals surface area contributed by atoms with Gasteiger partial charge in [0.15, 0.2) is 0 Å². The van der Waals surface area contributed by atoms with Gasteiger partial charge in [0.05, 0.1) is 12.0 Å². The van der Waals surface area contributed by atoms with E-state index in [0.717, 1.165) is 38.9 Å². The fourth-order valence-corrected chi connectivity index (χ4v) is 2.36. The largest absolute Gasteiger partial charge is 0.387 e. The summed E-state index contributed by atoms with van der Waals surface area (Å²) in [6.45, 7) is 3.20. The number of rotatable bonds is 4. The van der Waals surface area contributed by atoms with Crippen molar-refractivity contribution in [3.63, 3.8) is 0 Å². The molecule has 0 bridgehead atoms. The van der Waals surface area contributed by atoms with Crippen LogP contribution < -0.4 is 5.73 Å². The normalized spacial score (nSPS) is 18.4. The lowest BCUT2D eigenvalue weighted by atomic mass is 9.96. The summed E-state index contributed by atoms with van der Waals surface area (Å²) in [6.07, 6.45) is 7.12. The molecule has 0 saturated carbocycles. The average molecular weight is 235 g/mol. The Kier molecular flexibility index (Phi) is 3.78. The van der Waals surface area contributed by atoms with E-state index in [2.05, 4.69) is 16.2 Å². The van der Waals surface area contributed by atoms with Gasteiger partial charge in [-0.15, -0.1) is 0 Å². The molecule has 5 nitrogen and oxygen atoms in total. The lowest BCUT2D eigenvalue weighted by Gasteiger charge is -2.31. The Morgan fingerprint density at radius 1 is 1.53 bits per heavy atom. The van der Waals surface area contributed by atoms with Gasteiger partial charge in [0, 0.05) is 25.7 Å². The van der Waals surface area contributed by atoms with Gasteiger partial charge >= 0.3 is 0 Å². The van der Waals surface area contributed by atoms with E-state index >= 15 is 0 Å². The molecule has 1 saturated heterocycles. The van der Waals surface area contributed by atoms with Crippen molar-refractivity contribution in [2.45, 2.75) is 19.3 Å². The molecule has 1 fully saturated rings. The molecule has 0 atom stereocenters. The van der Waals surface area contributed by atoms with Crippen molar-refractivity contribution in [1.29, 1.82) is 5.41 Å². The number of aromatic nitrogens is 2. The van der Waals surface area contributed by atoms with Gasteiger partial charge in [-0.2, -0.15) is 5.10 Å². The number of hydrogen-bond donors (Lipinski definition) is 2. The lowest BCUT2D eigenvalue weighted by molar-refractivity contribution is 0.211. The molecule has 94 valence electrons. The van der Waals surface area contributed by atoms with Crippen LogP contribution in [0.2, 0.25) is 0 Å². The summed E-state index contributed by atoms with van der Waals surface area (Å²) in [5.41, 5.74) is 6.83. The molecule has 1 aliphatic heterocycles. The quantitative estimate of drug-likeness (QED) is 0.593. The van der Waals surface area contributed by atoms with Crippen LogP contribution in [0.4, 0.5) is 0 Å². The van der Waals surface area contributed by atoms with Gasteiger partial charge in [-0.25, -0.2) is 0 Å². The number of nitrogens with two attached hydrogens (primary N) is 1. The second-order valence-electron chi connectivity index (χ2n) is 4.84. The summed E-state index contributed by atoms with van der Waals surface area (Å²) < 4.78 is 1.84. The zero-order valence-electron chi connectivity index (χ0n) is 10.4. The van der Waals surface area contributed by atoms with Crippen molar-refractivity contribution in [1.82, 2.24) is 14.7 Å². The molecule has 5 heteroatoms. The molecule has 1 aliphatic rings. The summed E-state index contributed by atoms with van der Waals surface area (Å²) in [7, 11) is 1.95. The van der Waals surface area contributed by atoms with E-state index in [9.17, 15) is 0 Å². The highest BCUT2D eigenvalue weighted by atomic mass is 15.2. The van der Waals surface area contributed by atoms with Gasteiger partial charge in [-0.05, 0) is 37.9 Å². The fourth-order valence-electron chi connectivity index (χ4n) is 2.36. The summed E-state index contributed by atoms with van der Waals surface area (Å²) in [5, 5.41) is 11.6. The number of nitrogens with one attached hydrogen (secondary N) is 1. The molecule has 0 unspecified atom stereocenters. The van der Waals surface area contributed by atoms with E-state index in [-0.39, 0.29) is 0 Å². The predicted molar refractivity (Wildman–Crippen MR) is 68.0 cm³/mol. The number of nitrogens with zero attached hydrogens (tertiary/aromatic N) is 3. The Hall–Kier alpha value is -1.36. The molecule has 0 aliphatic carbocycles. The topological polar surface area (TPSA) is 70.9 Å². The molecular weight excluding hydrogens is 214 g/mol. The van der Waals surface area contributed by atoms with Gasteiger partial charge < -0.3 is 10.6 Å². The number of likely N-dealkylation sites (tertiary alicyclic amines) is 1. The maximum absolute atomic E-state index is 7.44. The number of piperidine rings is 1. The third kappa shape index (κ3) is 3.30. The Labute approximate surface area is 102 Å². The Morgan fingerprint density at radius 2 is 2.24 bits per heavy atom. The Morgan fingerprint density at radius 3 is 2.76 bits per heavy atom. The van der Waals surface area contributed by atoms with Crippen LogP contribution in [-0.2, 0) is 13.5 Å². The SMILES string of the molecule is Cn1cc(CCN2CCC(C(=N)N)CC2)cn1. The minimum Gasteiger partial charge on any atom is -0.387 e. The first-order valence-corrected chi connectivity index (χ1v) is 6.19. The van der Waals surface area contributed by atoms with E-state index < -0.39 is 0 Å². The van der Waals surface area contributed by atoms with Crippen LogP contribution in [0.1, 0.15) is 18.4 Å². The van der Waals surface area contributed by atoms with Crippen molar-refractivity contribution in [2.75, 3.05) is 19.6 Å². The first-order chi connectivity index (χ1) is 8.15. The van der Waals surface area contributed by atoms with E-state index in [1.165, 1.54) is 5.56 Å². The highest BCUT2D eigenvalue weighted by Crippen LogP contribution is 2.16. The second kappa shape index (κ2) is 5.31. The van der Waals surface area contributed by atoms with E-state index in [0.29, 0.717) is 11.8 Å². The van der Waals surface area contributed by atoms with Crippen LogP contribution in [0.15, 0.2) is 12.4 Å². The van der Waals surface area contributed by atoms with Crippen LogP contribution in [0.5, 0.6) is 0 Å². The average Bonchev–Trinajstić information content (AvgIpc) is 2.73. The lowest BCUT2D eigenvalue weighted by Crippen LogP contribution is -2.39.